The van der Waals surface area contributed by atoms with Crippen molar-refractivity contribution in [2.45, 2.75) is 59.2 Å². The van der Waals surface area contributed by atoms with E-state index in [1.54, 1.807) is 0 Å². The van der Waals surface area contributed by atoms with Crippen molar-refractivity contribution < 1.29 is 0 Å². The molecule has 7 heteroatoms. The minimum absolute atomic E-state index is 0.0594. The molecule has 3 heterocycles. The molecule has 0 aliphatic carbocycles. The summed E-state index contributed by atoms with van der Waals surface area (Å²) in [7, 11) is 0. The van der Waals surface area contributed by atoms with Crippen molar-refractivity contribution >= 4 is 17.6 Å². The smallest absolute Gasteiger partial charge is 0.223 e. The molecule has 3 N–H and O–H groups in total. The van der Waals surface area contributed by atoms with Crippen molar-refractivity contribution in [3.63, 3.8) is 0 Å². The molecule has 0 aromatic carbocycles. The Morgan fingerprint density at radius 3 is 2.58 bits per heavy atom. The Bertz CT molecular complexity index is 749. The predicted octanol–water partition coefficient (Wildman–Crippen LogP) is 2.49. The fourth-order valence-electron chi connectivity index (χ4n) is 2.66. The number of nitrogens with one attached hydrogen (secondary N) is 1. The van der Waals surface area contributed by atoms with Crippen molar-refractivity contribution in [1.82, 2.24) is 19.9 Å². The number of nitrogens with zero attached hydrogens (tertiary/aromatic N) is 5. The molecule has 0 amide bonds. The number of hydrogen-bond donors (Lipinski definition) is 2. The van der Waals surface area contributed by atoms with Gasteiger partial charge in [0.05, 0.1) is 12.2 Å². The quantitative estimate of drug-likeness (QED) is 0.894. The van der Waals surface area contributed by atoms with Crippen molar-refractivity contribution in [2.24, 2.45) is 0 Å². The molecule has 0 unspecified atom stereocenters. The van der Waals surface area contributed by atoms with Crippen LogP contribution in [0.3, 0.4) is 0 Å². The van der Waals surface area contributed by atoms with Crippen LogP contribution in [0.4, 0.5) is 17.6 Å². The normalized spacial score (nSPS) is 14.2. The molecule has 2 aromatic rings. The molecule has 3 rings (SSSR count). The molecule has 0 fully saturated rings. The third-order valence-electron chi connectivity index (χ3n) is 3.82. The van der Waals surface area contributed by atoms with Crippen LogP contribution in [0, 0.1) is 0 Å². The largest absolute Gasteiger partial charge is 0.368 e. The van der Waals surface area contributed by atoms with Crippen LogP contribution in [-0.4, -0.2) is 26.0 Å². The summed E-state index contributed by atoms with van der Waals surface area (Å²) in [5.74, 6) is 2.69. The zero-order chi connectivity index (χ0) is 17.5. The van der Waals surface area contributed by atoms with E-state index in [2.05, 4.69) is 59.8 Å². The second-order valence-electron chi connectivity index (χ2n) is 7.54. The maximum absolute atomic E-state index is 5.87. The highest BCUT2D eigenvalue weighted by atomic mass is 15.2. The first-order chi connectivity index (χ1) is 11.2. The van der Waals surface area contributed by atoms with Gasteiger partial charge in [-0.3, -0.25) is 0 Å². The summed E-state index contributed by atoms with van der Waals surface area (Å²) in [6, 6.07) is 2.21. The van der Waals surface area contributed by atoms with Crippen LogP contribution < -0.4 is 16.0 Å². The SMILES string of the molecule is CC(C)Nc1cc(N2Cc3cnc(C(C)(C)C)nc3C2)nc(N)n1. The summed E-state index contributed by atoms with van der Waals surface area (Å²) in [4.78, 5) is 20.0. The molecule has 7 nitrogen and oxygen atoms in total. The van der Waals surface area contributed by atoms with Crippen LogP contribution in [0.25, 0.3) is 0 Å². The Hall–Kier alpha value is -2.44. The molecule has 2 aromatic heterocycles. The van der Waals surface area contributed by atoms with Crippen LogP contribution in [0.1, 0.15) is 51.7 Å². The van der Waals surface area contributed by atoms with E-state index in [9.17, 15) is 0 Å². The van der Waals surface area contributed by atoms with E-state index in [0.717, 1.165) is 35.3 Å². The van der Waals surface area contributed by atoms with Gasteiger partial charge >= 0.3 is 0 Å². The van der Waals surface area contributed by atoms with E-state index in [1.165, 1.54) is 0 Å². The van der Waals surface area contributed by atoms with Gasteiger partial charge in [-0.05, 0) is 13.8 Å². The van der Waals surface area contributed by atoms with Gasteiger partial charge in [0.1, 0.15) is 17.5 Å². The van der Waals surface area contributed by atoms with Gasteiger partial charge in [-0.25, -0.2) is 9.97 Å². The number of hydrogen-bond acceptors (Lipinski definition) is 7. The topological polar surface area (TPSA) is 92.8 Å². The third-order valence-corrected chi connectivity index (χ3v) is 3.82. The second kappa shape index (κ2) is 5.89. The number of anilines is 3. The van der Waals surface area contributed by atoms with E-state index in [4.69, 9.17) is 10.7 Å². The third kappa shape index (κ3) is 3.39. The van der Waals surface area contributed by atoms with Crippen LogP contribution >= 0.6 is 0 Å². The highest BCUT2D eigenvalue weighted by Gasteiger charge is 2.26. The van der Waals surface area contributed by atoms with Gasteiger partial charge in [0.25, 0.3) is 0 Å². The summed E-state index contributed by atoms with van der Waals surface area (Å²) < 4.78 is 0. The summed E-state index contributed by atoms with van der Waals surface area (Å²) in [5, 5.41) is 3.27. The minimum Gasteiger partial charge on any atom is -0.368 e. The Morgan fingerprint density at radius 1 is 1.17 bits per heavy atom. The molecule has 1 aliphatic rings. The molecular weight excluding hydrogens is 302 g/mol. The lowest BCUT2D eigenvalue weighted by molar-refractivity contribution is 0.541. The average molecular weight is 327 g/mol. The second-order valence-corrected chi connectivity index (χ2v) is 7.54. The van der Waals surface area contributed by atoms with Gasteiger partial charge in [0.15, 0.2) is 0 Å². The Morgan fingerprint density at radius 2 is 1.92 bits per heavy atom. The van der Waals surface area contributed by atoms with Crippen molar-refractivity contribution in [3.05, 3.63) is 29.3 Å². The van der Waals surface area contributed by atoms with Crippen molar-refractivity contribution in [1.29, 1.82) is 0 Å². The minimum atomic E-state index is -0.0594. The Kier molecular flexibility index (Phi) is 4.03. The summed E-state index contributed by atoms with van der Waals surface area (Å²) >= 11 is 0. The molecule has 0 saturated carbocycles. The first kappa shape index (κ1) is 16.4. The number of nitrogen functional groups attached to an aromatic ring is 1. The van der Waals surface area contributed by atoms with Gasteiger partial charge in [0, 0.05) is 35.8 Å². The Balaban J connectivity index is 1.86. The van der Waals surface area contributed by atoms with Gasteiger partial charge < -0.3 is 16.0 Å². The highest BCUT2D eigenvalue weighted by molar-refractivity contribution is 5.54. The molecule has 0 radical (unpaired) electrons. The maximum atomic E-state index is 5.87. The van der Waals surface area contributed by atoms with Crippen LogP contribution in [0.5, 0.6) is 0 Å². The van der Waals surface area contributed by atoms with Gasteiger partial charge in [-0.1, -0.05) is 20.8 Å². The molecule has 0 saturated heterocycles. The fourth-order valence-corrected chi connectivity index (χ4v) is 2.66. The van der Waals surface area contributed by atoms with Crippen molar-refractivity contribution in [3.8, 4) is 0 Å². The summed E-state index contributed by atoms with van der Waals surface area (Å²) in [6.45, 7) is 11.9. The van der Waals surface area contributed by atoms with E-state index in [1.807, 2.05) is 12.3 Å². The fraction of sp³-hybridized carbons (Fsp3) is 0.529. The maximum Gasteiger partial charge on any atom is 0.223 e. The van der Waals surface area contributed by atoms with Crippen molar-refractivity contribution in [2.75, 3.05) is 16.0 Å². The van der Waals surface area contributed by atoms with Crippen LogP contribution in [0.15, 0.2) is 12.3 Å². The lowest BCUT2D eigenvalue weighted by Gasteiger charge is -2.18. The lowest BCUT2D eigenvalue weighted by atomic mass is 9.95. The first-order valence-electron chi connectivity index (χ1n) is 8.23. The number of rotatable bonds is 3. The first-order valence-corrected chi connectivity index (χ1v) is 8.23. The Labute approximate surface area is 142 Å². The van der Waals surface area contributed by atoms with Crippen LogP contribution in [-0.2, 0) is 18.5 Å². The van der Waals surface area contributed by atoms with Gasteiger partial charge in [-0.15, -0.1) is 0 Å². The van der Waals surface area contributed by atoms with Gasteiger partial charge in [0.2, 0.25) is 5.95 Å². The molecule has 0 bridgehead atoms. The monoisotopic (exact) mass is 327 g/mol. The number of aromatic nitrogens is 4. The predicted molar refractivity (Wildman–Crippen MR) is 95.8 cm³/mol. The molecule has 1 aliphatic heterocycles. The average Bonchev–Trinajstić information content (AvgIpc) is 2.87. The van der Waals surface area contributed by atoms with E-state index < -0.39 is 0 Å². The van der Waals surface area contributed by atoms with Gasteiger partial charge in [-0.2, -0.15) is 9.97 Å². The zero-order valence-corrected chi connectivity index (χ0v) is 15.0. The number of nitrogens with two attached hydrogens (primary N) is 1. The summed E-state index contributed by atoms with van der Waals surface area (Å²) in [5.41, 5.74) is 8.01. The van der Waals surface area contributed by atoms with E-state index in [-0.39, 0.29) is 17.4 Å². The molecule has 128 valence electrons. The molecule has 0 spiro atoms. The molecular formula is C17H25N7. The number of fused-ring (bicyclic) bond motifs is 1. The molecule has 0 atom stereocenters. The highest BCUT2D eigenvalue weighted by Crippen LogP contribution is 2.29. The zero-order valence-electron chi connectivity index (χ0n) is 15.0. The lowest BCUT2D eigenvalue weighted by Crippen LogP contribution is -2.19. The van der Waals surface area contributed by atoms with E-state index in [0.29, 0.717) is 6.54 Å². The standard InChI is InChI=1S/C17H25N7/c1-10(2)20-13-6-14(23-16(18)22-13)24-8-11-7-19-15(17(3,4)5)21-12(11)9-24/h6-7,10H,8-9H2,1-5H3,(H3,18,20,22,23). The summed E-state index contributed by atoms with van der Waals surface area (Å²) in [6.07, 6.45) is 1.93. The van der Waals surface area contributed by atoms with E-state index >= 15 is 0 Å². The van der Waals surface area contributed by atoms with Crippen LogP contribution in [0.2, 0.25) is 0 Å². The molecule has 24 heavy (non-hydrogen) atoms.